The zero-order chi connectivity index (χ0) is 23.6. The van der Waals surface area contributed by atoms with Crippen LogP contribution in [0.3, 0.4) is 0 Å². The SMILES string of the molecule is CC1CN(c2ccc(Nc3ncc4ccc(NC(=O)NC(C)(C)C)nc4n3)cc2)CC(C)N1. The minimum absolute atomic E-state index is 0.310. The minimum Gasteiger partial charge on any atom is -0.368 e. The van der Waals surface area contributed by atoms with Crippen LogP contribution in [0.2, 0.25) is 0 Å². The average Bonchev–Trinajstić information content (AvgIpc) is 2.72. The number of piperazine rings is 1. The summed E-state index contributed by atoms with van der Waals surface area (Å²) in [6.07, 6.45) is 1.72. The molecular formula is C24H32N8O. The third kappa shape index (κ3) is 6.07. The molecule has 1 aromatic carbocycles. The number of nitrogens with zero attached hydrogens (tertiary/aromatic N) is 4. The number of carbonyl (C=O) groups is 1. The highest BCUT2D eigenvalue weighted by Crippen LogP contribution is 2.22. The van der Waals surface area contributed by atoms with Crippen LogP contribution in [0.25, 0.3) is 11.0 Å². The molecule has 0 aliphatic carbocycles. The molecule has 2 aromatic heterocycles. The highest BCUT2D eigenvalue weighted by molar-refractivity contribution is 5.90. The van der Waals surface area contributed by atoms with Crippen molar-refractivity contribution in [3.05, 3.63) is 42.6 Å². The van der Waals surface area contributed by atoms with Gasteiger partial charge in [-0.2, -0.15) is 4.98 Å². The van der Waals surface area contributed by atoms with Gasteiger partial charge in [-0.1, -0.05) is 0 Å². The number of hydrogen-bond donors (Lipinski definition) is 4. The lowest BCUT2D eigenvalue weighted by Gasteiger charge is -2.37. The molecule has 4 rings (SSSR count). The first-order valence-electron chi connectivity index (χ1n) is 11.3. The summed E-state index contributed by atoms with van der Waals surface area (Å²) in [5.41, 5.74) is 2.26. The van der Waals surface area contributed by atoms with Gasteiger partial charge in [-0.05, 0) is 71.0 Å². The van der Waals surface area contributed by atoms with Crippen LogP contribution in [0.15, 0.2) is 42.6 Å². The van der Waals surface area contributed by atoms with Gasteiger partial charge in [0.25, 0.3) is 0 Å². The zero-order valence-electron chi connectivity index (χ0n) is 19.8. The van der Waals surface area contributed by atoms with Crippen molar-refractivity contribution in [3.8, 4) is 0 Å². The molecular weight excluding hydrogens is 416 g/mol. The second kappa shape index (κ2) is 9.19. The first kappa shape index (κ1) is 22.7. The molecule has 9 nitrogen and oxygen atoms in total. The maximum absolute atomic E-state index is 12.1. The maximum Gasteiger partial charge on any atom is 0.320 e. The van der Waals surface area contributed by atoms with Gasteiger partial charge in [-0.25, -0.2) is 14.8 Å². The zero-order valence-corrected chi connectivity index (χ0v) is 19.8. The Hall–Kier alpha value is -3.46. The minimum atomic E-state index is -0.336. The fourth-order valence-electron chi connectivity index (χ4n) is 3.95. The summed E-state index contributed by atoms with van der Waals surface area (Å²) in [6, 6.07) is 12.5. The fourth-order valence-corrected chi connectivity index (χ4v) is 3.95. The number of rotatable bonds is 4. The molecule has 3 aromatic rings. The molecule has 174 valence electrons. The molecule has 3 heterocycles. The first-order chi connectivity index (χ1) is 15.6. The van der Waals surface area contributed by atoms with Crippen LogP contribution in [0, 0.1) is 0 Å². The van der Waals surface area contributed by atoms with Gasteiger partial charge in [0.05, 0.1) is 0 Å². The number of urea groups is 1. The van der Waals surface area contributed by atoms with E-state index in [0.29, 0.717) is 29.5 Å². The lowest BCUT2D eigenvalue weighted by molar-refractivity contribution is 0.243. The van der Waals surface area contributed by atoms with Gasteiger partial charge >= 0.3 is 6.03 Å². The summed E-state index contributed by atoms with van der Waals surface area (Å²) in [6.45, 7) is 12.2. The smallest absolute Gasteiger partial charge is 0.320 e. The third-order valence-electron chi connectivity index (χ3n) is 5.22. The highest BCUT2D eigenvalue weighted by atomic mass is 16.2. The Morgan fingerprint density at radius 2 is 1.73 bits per heavy atom. The summed E-state index contributed by atoms with van der Waals surface area (Å²) in [7, 11) is 0. The standard InChI is InChI=1S/C24H32N8O/c1-15-13-32(14-16(2)26-15)19-9-7-18(8-10-19)27-22-25-12-17-6-11-20(28-21(17)30-22)29-23(33)31-24(3,4)5/h6-12,15-16,26H,13-14H2,1-5H3,(H3,25,27,28,29,30,31,33). The van der Waals surface area contributed by atoms with Gasteiger partial charge in [0.1, 0.15) is 5.82 Å². The molecule has 2 unspecified atom stereocenters. The number of pyridine rings is 1. The Morgan fingerprint density at radius 1 is 1.03 bits per heavy atom. The van der Waals surface area contributed by atoms with E-state index in [1.165, 1.54) is 5.69 Å². The van der Waals surface area contributed by atoms with E-state index in [1.807, 2.05) is 39.0 Å². The normalized spacial score (nSPS) is 18.8. The van der Waals surface area contributed by atoms with Gasteiger partial charge < -0.3 is 20.9 Å². The van der Waals surface area contributed by atoms with Gasteiger partial charge in [-0.3, -0.25) is 5.32 Å². The van der Waals surface area contributed by atoms with E-state index in [-0.39, 0.29) is 11.6 Å². The van der Waals surface area contributed by atoms with Gasteiger partial charge in [0.2, 0.25) is 5.95 Å². The van der Waals surface area contributed by atoms with Crippen LogP contribution in [-0.2, 0) is 0 Å². The van der Waals surface area contributed by atoms with E-state index in [9.17, 15) is 4.79 Å². The predicted octanol–water partition coefficient (Wildman–Crippen LogP) is 3.88. The molecule has 1 fully saturated rings. The van der Waals surface area contributed by atoms with E-state index >= 15 is 0 Å². The number of amides is 2. The van der Waals surface area contributed by atoms with Crippen molar-refractivity contribution in [1.82, 2.24) is 25.6 Å². The van der Waals surface area contributed by atoms with Crippen molar-refractivity contribution in [1.29, 1.82) is 0 Å². The molecule has 1 saturated heterocycles. The fraction of sp³-hybridized carbons (Fsp3) is 0.417. The Labute approximate surface area is 194 Å². The largest absolute Gasteiger partial charge is 0.368 e. The molecule has 0 saturated carbocycles. The van der Waals surface area contributed by atoms with Crippen LogP contribution in [0.5, 0.6) is 0 Å². The van der Waals surface area contributed by atoms with E-state index in [1.54, 1.807) is 12.3 Å². The van der Waals surface area contributed by atoms with Crippen LogP contribution in [-0.4, -0.2) is 51.7 Å². The molecule has 0 radical (unpaired) electrons. The lowest BCUT2D eigenvalue weighted by Crippen LogP contribution is -2.54. The average molecular weight is 449 g/mol. The summed E-state index contributed by atoms with van der Waals surface area (Å²) in [4.78, 5) is 27.9. The van der Waals surface area contributed by atoms with Crippen LogP contribution in [0.1, 0.15) is 34.6 Å². The van der Waals surface area contributed by atoms with E-state index in [4.69, 9.17) is 0 Å². The number of aromatic nitrogens is 3. The Morgan fingerprint density at radius 3 is 2.39 bits per heavy atom. The molecule has 9 heteroatoms. The van der Waals surface area contributed by atoms with Crippen LogP contribution >= 0.6 is 0 Å². The lowest BCUT2D eigenvalue weighted by atomic mass is 10.1. The summed E-state index contributed by atoms with van der Waals surface area (Å²) >= 11 is 0. The maximum atomic E-state index is 12.1. The van der Waals surface area contributed by atoms with Gasteiger partial charge in [0, 0.05) is 53.7 Å². The van der Waals surface area contributed by atoms with Crippen LogP contribution < -0.4 is 26.2 Å². The molecule has 33 heavy (non-hydrogen) atoms. The number of anilines is 4. The molecule has 2 atom stereocenters. The molecule has 1 aliphatic heterocycles. The topological polar surface area (TPSA) is 107 Å². The first-order valence-corrected chi connectivity index (χ1v) is 11.3. The third-order valence-corrected chi connectivity index (χ3v) is 5.22. The van der Waals surface area contributed by atoms with Crippen molar-refractivity contribution >= 4 is 40.2 Å². The van der Waals surface area contributed by atoms with Crippen molar-refractivity contribution in [2.45, 2.75) is 52.2 Å². The van der Waals surface area contributed by atoms with Crippen molar-refractivity contribution in [3.63, 3.8) is 0 Å². The quantitative estimate of drug-likeness (QED) is 0.480. The second-order valence-corrected chi connectivity index (χ2v) is 9.68. The van der Waals surface area contributed by atoms with Crippen molar-refractivity contribution in [2.75, 3.05) is 28.6 Å². The van der Waals surface area contributed by atoms with Crippen molar-refractivity contribution in [2.24, 2.45) is 0 Å². The number of fused-ring (bicyclic) bond motifs is 1. The number of carbonyl (C=O) groups excluding carboxylic acids is 1. The molecule has 1 aliphatic rings. The molecule has 4 N–H and O–H groups in total. The summed E-state index contributed by atoms with van der Waals surface area (Å²) < 4.78 is 0. The Bertz CT molecular complexity index is 1120. The predicted molar refractivity (Wildman–Crippen MR) is 133 cm³/mol. The van der Waals surface area contributed by atoms with Crippen LogP contribution in [0.4, 0.5) is 27.9 Å². The number of hydrogen-bond acceptors (Lipinski definition) is 7. The van der Waals surface area contributed by atoms with Gasteiger partial charge in [-0.15, -0.1) is 0 Å². The molecule has 0 spiro atoms. The summed E-state index contributed by atoms with van der Waals surface area (Å²) in [5.74, 6) is 0.876. The molecule has 0 bridgehead atoms. The second-order valence-electron chi connectivity index (χ2n) is 9.68. The summed E-state index contributed by atoms with van der Waals surface area (Å²) in [5, 5.41) is 13.2. The van der Waals surface area contributed by atoms with Crippen molar-refractivity contribution < 1.29 is 4.79 Å². The van der Waals surface area contributed by atoms with E-state index in [2.05, 4.69) is 67.1 Å². The van der Waals surface area contributed by atoms with Gasteiger partial charge in [0.15, 0.2) is 5.65 Å². The van der Waals surface area contributed by atoms with E-state index < -0.39 is 0 Å². The number of benzene rings is 1. The number of nitrogens with one attached hydrogen (secondary N) is 4. The Kier molecular flexibility index (Phi) is 6.33. The van der Waals surface area contributed by atoms with E-state index in [0.717, 1.165) is 24.2 Å². The Balaban J connectivity index is 1.45. The molecule has 2 amide bonds. The monoisotopic (exact) mass is 448 g/mol. The highest BCUT2D eigenvalue weighted by Gasteiger charge is 2.21.